The van der Waals surface area contributed by atoms with Gasteiger partial charge in [-0.05, 0) is 49.4 Å². The number of amides is 2. The van der Waals surface area contributed by atoms with Crippen LogP contribution >= 0.6 is 23.2 Å². The van der Waals surface area contributed by atoms with Crippen molar-refractivity contribution in [3.05, 3.63) is 63.6 Å². The van der Waals surface area contributed by atoms with Crippen LogP contribution in [-0.2, 0) is 9.53 Å². The summed E-state index contributed by atoms with van der Waals surface area (Å²) in [4.78, 5) is 35.5. The van der Waals surface area contributed by atoms with E-state index >= 15 is 0 Å². The van der Waals surface area contributed by atoms with Crippen LogP contribution in [0.4, 0.5) is 5.69 Å². The SMILES string of the molecule is CCOC(=O)c1ccc(NC(=O)CNC(=O)c2ccc(Cl)cc2Cl)cc1. The monoisotopic (exact) mass is 394 g/mol. The topological polar surface area (TPSA) is 84.5 Å². The third-order valence-corrected chi connectivity index (χ3v) is 3.81. The number of benzene rings is 2. The van der Waals surface area contributed by atoms with Crippen LogP contribution in [0.15, 0.2) is 42.5 Å². The number of ether oxygens (including phenoxy) is 1. The molecule has 0 bridgehead atoms. The second-order valence-electron chi connectivity index (χ2n) is 5.15. The van der Waals surface area contributed by atoms with E-state index in [0.29, 0.717) is 16.3 Å². The lowest BCUT2D eigenvalue weighted by atomic mass is 10.2. The predicted octanol–water partition coefficient (Wildman–Crippen LogP) is 3.54. The molecule has 0 spiro atoms. The molecule has 2 amide bonds. The van der Waals surface area contributed by atoms with Crippen molar-refractivity contribution in [3.63, 3.8) is 0 Å². The number of anilines is 1. The molecule has 8 heteroatoms. The molecule has 26 heavy (non-hydrogen) atoms. The Bertz CT molecular complexity index is 822. The molecule has 0 aliphatic rings. The van der Waals surface area contributed by atoms with Crippen LogP contribution in [0.2, 0.25) is 10.0 Å². The zero-order valence-corrected chi connectivity index (χ0v) is 15.4. The van der Waals surface area contributed by atoms with E-state index in [-0.39, 0.29) is 23.7 Å². The summed E-state index contributed by atoms with van der Waals surface area (Å²) in [7, 11) is 0. The van der Waals surface area contributed by atoms with E-state index in [4.69, 9.17) is 27.9 Å². The van der Waals surface area contributed by atoms with Gasteiger partial charge in [-0.15, -0.1) is 0 Å². The lowest BCUT2D eigenvalue weighted by Gasteiger charge is -2.09. The van der Waals surface area contributed by atoms with Gasteiger partial charge in [-0.3, -0.25) is 9.59 Å². The van der Waals surface area contributed by atoms with Gasteiger partial charge < -0.3 is 15.4 Å². The summed E-state index contributed by atoms with van der Waals surface area (Å²) in [5.41, 5.74) is 1.10. The van der Waals surface area contributed by atoms with Gasteiger partial charge in [0.05, 0.1) is 29.3 Å². The van der Waals surface area contributed by atoms with Crippen molar-refractivity contribution in [2.45, 2.75) is 6.92 Å². The Hall–Kier alpha value is -2.57. The van der Waals surface area contributed by atoms with Crippen molar-refractivity contribution in [2.75, 3.05) is 18.5 Å². The highest BCUT2D eigenvalue weighted by molar-refractivity contribution is 6.36. The lowest BCUT2D eigenvalue weighted by molar-refractivity contribution is -0.115. The summed E-state index contributed by atoms with van der Waals surface area (Å²) >= 11 is 11.7. The van der Waals surface area contributed by atoms with Crippen molar-refractivity contribution in [1.29, 1.82) is 0 Å². The third kappa shape index (κ3) is 5.47. The Morgan fingerprint density at radius 1 is 1.04 bits per heavy atom. The number of carbonyl (C=O) groups excluding carboxylic acids is 3. The Morgan fingerprint density at radius 3 is 2.35 bits per heavy atom. The van der Waals surface area contributed by atoms with Crippen LogP contribution in [0.25, 0.3) is 0 Å². The maximum atomic E-state index is 12.0. The van der Waals surface area contributed by atoms with E-state index in [1.54, 1.807) is 31.2 Å². The zero-order chi connectivity index (χ0) is 19.1. The summed E-state index contributed by atoms with van der Waals surface area (Å²) in [6, 6.07) is 10.7. The van der Waals surface area contributed by atoms with Gasteiger partial charge in [-0.1, -0.05) is 23.2 Å². The number of hydrogen-bond acceptors (Lipinski definition) is 4. The van der Waals surface area contributed by atoms with Crippen LogP contribution in [0.5, 0.6) is 0 Å². The van der Waals surface area contributed by atoms with Gasteiger partial charge in [0.15, 0.2) is 0 Å². The summed E-state index contributed by atoms with van der Waals surface area (Å²) in [5, 5.41) is 5.70. The van der Waals surface area contributed by atoms with Crippen molar-refractivity contribution in [2.24, 2.45) is 0 Å². The Kier molecular flexibility index (Phi) is 7.00. The van der Waals surface area contributed by atoms with E-state index < -0.39 is 17.8 Å². The maximum Gasteiger partial charge on any atom is 0.338 e. The largest absolute Gasteiger partial charge is 0.462 e. The molecule has 2 aromatic carbocycles. The molecule has 2 aromatic rings. The van der Waals surface area contributed by atoms with Crippen LogP contribution in [0.3, 0.4) is 0 Å². The number of halogens is 2. The minimum atomic E-state index is -0.487. The number of carbonyl (C=O) groups is 3. The molecule has 0 atom stereocenters. The first-order chi connectivity index (χ1) is 12.4. The molecule has 0 heterocycles. The highest BCUT2D eigenvalue weighted by Crippen LogP contribution is 2.20. The molecule has 6 nitrogen and oxygen atoms in total. The molecule has 2 rings (SSSR count). The summed E-state index contributed by atoms with van der Waals surface area (Å²) in [5.74, 6) is -1.34. The molecule has 0 aromatic heterocycles. The number of nitrogens with one attached hydrogen (secondary N) is 2. The molecule has 0 aliphatic heterocycles. The Morgan fingerprint density at radius 2 is 1.73 bits per heavy atom. The first-order valence-electron chi connectivity index (χ1n) is 7.71. The molecule has 0 saturated heterocycles. The second-order valence-corrected chi connectivity index (χ2v) is 6.00. The molecule has 0 fully saturated rings. The first kappa shape index (κ1) is 19.8. The molecule has 0 saturated carbocycles. The smallest absolute Gasteiger partial charge is 0.338 e. The van der Waals surface area contributed by atoms with Gasteiger partial charge in [0.2, 0.25) is 5.91 Å². The van der Waals surface area contributed by atoms with Gasteiger partial charge >= 0.3 is 5.97 Å². The quantitative estimate of drug-likeness (QED) is 0.733. The maximum absolute atomic E-state index is 12.0. The standard InChI is InChI=1S/C18H16Cl2N2O4/c1-2-26-18(25)11-3-6-13(7-4-11)22-16(23)10-21-17(24)14-8-5-12(19)9-15(14)20/h3-9H,2,10H2,1H3,(H,21,24)(H,22,23). The average Bonchev–Trinajstić information content (AvgIpc) is 2.60. The fourth-order valence-electron chi connectivity index (χ4n) is 2.04. The van der Waals surface area contributed by atoms with Crippen LogP contribution < -0.4 is 10.6 Å². The average molecular weight is 395 g/mol. The summed E-state index contributed by atoms with van der Waals surface area (Å²) < 4.78 is 4.88. The highest BCUT2D eigenvalue weighted by atomic mass is 35.5. The molecule has 0 unspecified atom stereocenters. The molecule has 136 valence electrons. The van der Waals surface area contributed by atoms with Crippen LogP contribution in [-0.4, -0.2) is 30.9 Å². The molecular formula is C18H16Cl2N2O4. The normalized spacial score (nSPS) is 10.1. The van der Waals surface area contributed by atoms with Crippen molar-refractivity contribution >= 4 is 46.7 Å². The minimum absolute atomic E-state index is 0.199. The van der Waals surface area contributed by atoms with Crippen molar-refractivity contribution in [3.8, 4) is 0 Å². The lowest BCUT2D eigenvalue weighted by Crippen LogP contribution is -2.33. The van der Waals surface area contributed by atoms with Gasteiger partial charge in [0, 0.05) is 10.7 Å². The Labute approximate surface area is 160 Å². The molecular weight excluding hydrogens is 379 g/mol. The summed E-state index contributed by atoms with van der Waals surface area (Å²) in [6.45, 7) is 1.77. The van der Waals surface area contributed by atoms with Crippen LogP contribution in [0.1, 0.15) is 27.6 Å². The molecule has 0 aliphatic carbocycles. The number of rotatable bonds is 6. The van der Waals surface area contributed by atoms with E-state index in [9.17, 15) is 14.4 Å². The van der Waals surface area contributed by atoms with E-state index in [2.05, 4.69) is 10.6 Å². The number of hydrogen-bond donors (Lipinski definition) is 2. The van der Waals surface area contributed by atoms with Crippen LogP contribution in [0, 0.1) is 0 Å². The predicted molar refractivity (Wildman–Crippen MR) is 99.8 cm³/mol. The Balaban J connectivity index is 1.88. The van der Waals surface area contributed by atoms with Gasteiger partial charge in [-0.2, -0.15) is 0 Å². The van der Waals surface area contributed by atoms with Crippen molar-refractivity contribution < 1.29 is 19.1 Å². The zero-order valence-electron chi connectivity index (χ0n) is 13.8. The van der Waals surface area contributed by atoms with E-state index in [0.717, 1.165) is 0 Å². The van der Waals surface area contributed by atoms with Gasteiger partial charge in [0.25, 0.3) is 5.91 Å². The van der Waals surface area contributed by atoms with Gasteiger partial charge in [0.1, 0.15) is 0 Å². The fourth-order valence-corrected chi connectivity index (χ4v) is 2.53. The molecule has 0 radical (unpaired) electrons. The van der Waals surface area contributed by atoms with E-state index in [1.807, 2.05) is 0 Å². The second kappa shape index (κ2) is 9.22. The third-order valence-electron chi connectivity index (χ3n) is 3.27. The highest BCUT2D eigenvalue weighted by Gasteiger charge is 2.12. The summed E-state index contributed by atoms with van der Waals surface area (Å²) in [6.07, 6.45) is 0. The fraction of sp³-hybridized carbons (Fsp3) is 0.167. The molecule has 2 N–H and O–H groups in total. The number of esters is 1. The minimum Gasteiger partial charge on any atom is -0.462 e. The van der Waals surface area contributed by atoms with E-state index in [1.165, 1.54) is 18.2 Å². The van der Waals surface area contributed by atoms with Gasteiger partial charge in [-0.25, -0.2) is 4.79 Å². The first-order valence-corrected chi connectivity index (χ1v) is 8.46. The van der Waals surface area contributed by atoms with Crippen molar-refractivity contribution in [1.82, 2.24) is 5.32 Å².